The summed E-state index contributed by atoms with van der Waals surface area (Å²) >= 11 is 0. The zero-order chi connectivity index (χ0) is 7.98. The molecular weight excluding hydrogens is 122 g/mol. The van der Waals surface area contributed by atoms with Gasteiger partial charge in [0.2, 0.25) is 0 Å². The number of hydrogen-bond donors (Lipinski definition) is 0. The van der Waals surface area contributed by atoms with Crippen molar-refractivity contribution in [2.75, 3.05) is 14.1 Å². The molecule has 0 bridgehead atoms. The maximum absolute atomic E-state index is 2.16. The molecule has 0 N–H and O–H groups in total. The predicted molar refractivity (Wildman–Crippen MR) is 46.9 cm³/mol. The Hall–Kier alpha value is -0.720. The van der Waals surface area contributed by atoms with Crippen LogP contribution in [0.1, 0.15) is 20.3 Å². The fourth-order valence-electron chi connectivity index (χ4n) is 0.497. The minimum atomic E-state index is 1.14. The molecule has 0 aliphatic rings. The first-order valence-corrected chi connectivity index (χ1v) is 3.67. The Balaban J connectivity index is 3.70. The van der Waals surface area contributed by atoms with Crippen LogP contribution in [0.2, 0.25) is 0 Å². The van der Waals surface area contributed by atoms with Gasteiger partial charge < -0.3 is 4.90 Å². The first-order chi connectivity index (χ1) is 4.66. The molecule has 0 fully saturated rings. The van der Waals surface area contributed by atoms with Crippen LogP contribution >= 0.6 is 0 Å². The van der Waals surface area contributed by atoms with Gasteiger partial charge in [-0.3, -0.25) is 0 Å². The van der Waals surface area contributed by atoms with Crippen LogP contribution in [0.3, 0.4) is 0 Å². The van der Waals surface area contributed by atoms with E-state index < -0.39 is 0 Å². The smallest absolute Gasteiger partial charge is 0.00556 e. The SMILES string of the molecule is CC/C(C)=C\C=C\N(C)C. The molecule has 0 amide bonds. The second-order valence-corrected chi connectivity index (χ2v) is 2.67. The van der Waals surface area contributed by atoms with Gasteiger partial charge in [-0.05, 0) is 25.6 Å². The quantitative estimate of drug-likeness (QED) is 0.543. The Morgan fingerprint density at radius 2 is 2.00 bits per heavy atom. The third-order valence-corrected chi connectivity index (χ3v) is 1.32. The largest absolute Gasteiger partial charge is 0.383 e. The average Bonchev–Trinajstić information content (AvgIpc) is 1.87. The summed E-state index contributed by atoms with van der Waals surface area (Å²) in [7, 11) is 4.04. The highest BCUT2D eigenvalue weighted by atomic mass is 15.0. The lowest BCUT2D eigenvalue weighted by Crippen LogP contribution is -1.99. The van der Waals surface area contributed by atoms with Gasteiger partial charge in [-0.1, -0.05) is 18.6 Å². The second-order valence-electron chi connectivity index (χ2n) is 2.67. The molecule has 0 spiro atoms. The van der Waals surface area contributed by atoms with Crippen molar-refractivity contribution in [3.63, 3.8) is 0 Å². The van der Waals surface area contributed by atoms with Crippen LogP contribution in [0, 0.1) is 0 Å². The van der Waals surface area contributed by atoms with Crippen molar-refractivity contribution >= 4 is 0 Å². The topological polar surface area (TPSA) is 3.24 Å². The molecule has 0 saturated carbocycles. The molecule has 0 unspecified atom stereocenters. The minimum Gasteiger partial charge on any atom is -0.383 e. The van der Waals surface area contributed by atoms with Gasteiger partial charge in [-0.25, -0.2) is 0 Å². The first-order valence-electron chi connectivity index (χ1n) is 3.67. The zero-order valence-corrected chi connectivity index (χ0v) is 7.39. The van der Waals surface area contributed by atoms with Gasteiger partial charge in [0.25, 0.3) is 0 Å². The van der Waals surface area contributed by atoms with E-state index in [1.165, 1.54) is 5.57 Å². The molecule has 0 heterocycles. The lowest BCUT2D eigenvalue weighted by molar-refractivity contribution is 0.564. The normalized spacial score (nSPS) is 12.6. The van der Waals surface area contributed by atoms with E-state index in [0.29, 0.717) is 0 Å². The minimum absolute atomic E-state index is 1.14. The van der Waals surface area contributed by atoms with Crippen molar-refractivity contribution in [1.82, 2.24) is 4.90 Å². The fourth-order valence-corrected chi connectivity index (χ4v) is 0.497. The summed E-state index contributed by atoms with van der Waals surface area (Å²) in [6, 6.07) is 0. The molecule has 0 aromatic rings. The van der Waals surface area contributed by atoms with Gasteiger partial charge in [0.1, 0.15) is 0 Å². The monoisotopic (exact) mass is 139 g/mol. The maximum Gasteiger partial charge on any atom is 0.00556 e. The molecule has 1 heteroatoms. The number of hydrogen-bond acceptors (Lipinski definition) is 1. The zero-order valence-electron chi connectivity index (χ0n) is 7.39. The predicted octanol–water partition coefficient (Wildman–Crippen LogP) is 2.42. The molecule has 0 aromatic heterocycles. The summed E-state index contributed by atoms with van der Waals surface area (Å²) < 4.78 is 0. The van der Waals surface area contributed by atoms with Gasteiger partial charge in [0.05, 0.1) is 0 Å². The molecule has 0 atom stereocenters. The van der Waals surface area contributed by atoms with E-state index in [1.54, 1.807) is 0 Å². The molecule has 0 aliphatic carbocycles. The van der Waals surface area contributed by atoms with Gasteiger partial charge >= 0.3 is 0 Å². The van der Waals surface area contributed by atoms with Crippen molar-refractivity contribution in [1.29, 1.82) is 0 Å². The van der Waals surface area contributed by atoms with Gasteiger partial charge in [-0.2, -0.15) is 0 Å². The molecule has 10 heavy (non-hydrogen) atoms. The standard InChI is InChI=1S/C9H17N/c1-5-9(2)7-6-8-10(3)4/h6-8H,5H2,1-4H3/b8-6+,9-7-. The molecule has 0 rings (SSSR count). The molecule has 1 nitrogen and oxygen atoms in total. The van der Waals surface area contributed by atoms with E-state index in [9.17, 15) is 0 Å². The van der Waals surface area contributed by atoms with E-state index in [2.05, 4.69) is 26.0 Å². The van der Waals surface area contributed by atoms with Gasteiger partial charge in [0.15, 0.2) is 0 Å². The summed E-state index contributed by atoms with van der Waals surface area (Å²) in [5.41, 5.74) is 1.41. The van der Waals surface area contributed by atoms with E-state index in [-0.39, 0.29) is 0 Å². The Bertz CT molecular complexity index is 132. The summed E-state index contributed by atoms with van der Waals surface area (Å²) in [5, 5.41) is 0. The fraction of sp³-hybridized carbons (Fsp3) is 0.556. The van der Waals surface area contributed by atoms with E-state index in [0.717, 1.165) is 6.42 Å². The van der Waals surface area contributed by atoms with Crippen LogP contribution in [0.25, 0.3) is 0 Å². The third-order valence-electron chi connectivity index (χ3n) is 1.32. The van der Waals surface area contributed by atoms with Crippen LogP contribution in [-0.4, -0.2) is 19.0 Å². The highest BCUT2D eigenvalue weighted by Gasteiger charge is 1.78. The third kappa shape index (κ3) is 5.42. The van der Waals surface area contributed by atoms with Crippen LogP contribution in [0.5, 0.6) is 0 Å². The average molecular weight is 139 g/mol. The van der Waals surface area contributed by atoms with E-state index in [4.69, 9.17) is 0 Å². The molecule has 0 radical (unpaired) electrons. The Morgan fingerprint density at radius 3 is 2.40 bits per heavy atom. The number of rotatable bonds is 3. The number of allylic oxidation sites excluding steroid dienone is 3. The summed E-state index contributed by atoms with van der Waals surface area (Å²) in [4.78, 5) is 2.03. The summed E-state index contributed by atoms with van der Waals surface area (Å²) in [5.74, 6) is 0. The number of nitrogens with zero attached hydrogens (tertiary/aromatic N) is 1. The summed E-state index contributed by atoms with van der Waals surface area (Å²) in [6.07, 6.45) is 7.38. The molecule has 0 aromatic carbocycles. The van der Waals surface area contributed by atoms with Crippen LogP contribution in [0.4, 0.5) is 0 Å². The van der Waals surface area contributed by atoms with Crippen LogP contribution in [0.15, 0.2) is 23.9 Å². The molecular formula is C9H17N. The first kappa shape index (κ1) is 9.28. The molecule has 58 valence electrons. The van der Waals surface area contributed by atoms with Gasteiger partial charge in [-0.15, -0.1) is 0 Å². The van der Waals surface area contributed by atoms with Crippen molar-refractivity contribution in [2.45, 2.75) is 20.3 Å². The van der Waals surface area contributed by atoms with Crippen LogP contribution in [-0.2, 0) is 0 Å². The van der Waals surface area contributed by atoms with Crippen molar-refractivity contribution < 1.29 is 0 Å². The lowest BCUT2D eigenvalue weighted by Gasteiger charge is -2.01. The van der Waals surface area contributed by atoms with Crippen molar-refractivity contribution in [3.05, 3.63) is 23.9 Å². The van der Waals surface area contributed by atoms with E-state index in [1.807, 2.05) is 25.2 Å². The highest BCUT2D eigenvalue weighted by Crippen LogP contribution is 1.97. The van der Waals surface area contributed by atoms with Crippen molar-refractivity contribution in [2.24, 2.45) is 0 Å². The van der Waals surface area contributed by atoms with Crippen LogP contribution < -0.4 is 0 Å². The lowest BCUT2D eigenvalue weighted by atomic mass is 10.2. The maximum atomic E-state index is 2.16. The second kappa shape index (κ2) is 5.10. The van der Waals surface area contributed by atoms with Gasteiger partial charge in [0, 0.05) is 14.1 Å². The Morgan fingerprint density at radius 1 is 1.40 bits per heavy atom. The molecule has 0 saturated heterocycles. The Kier molecular flexibility index (Phi) is 4.73. The summed E-state index contributed by atoms with van der Waals surface area (Å²) in [6.45, 7) is 4.30. The van der Waals surface area contributed by atoms with Crippen molar-refractivity contribution in [3.8, 4) is 0 Å². The van der Waals surface area contributed by atoms with E-state index >= 15 is 0 Å². The molecule has 0 aliphatic heterocycles. The Labute approximate surface area is 64.0 Å². The highest BCUT2D eigenvalue weighted by molar-refractivity contribution is 5.09.